The van der Waals surface area contributed by atoms with Gasteiger partial charge in [0.15, 0.2) is 0 Å². The van der Waals surface area contributed by atoms with Crippen molar-refractivity contribution in [2.24, 2.45) is 0 Å². The first-order chi connectivity index (χ1) is 13.6. The van der Waals surface area contributed by atoms with Crippen LogP contribution in [0.1, 0.15) is 6.42 Å². The number of rotatable bonds is 9. The Hall–Kier alpha value is -2.51. The van der Waals surface area contributed by atoms with Crippen LogP contribution in [-0.2, 0) is 4.79 Å². The monoisotopic (exact) mass is 416 g/mol. The SMILES string of the molecule is CN(CCCNC(=O)CSc1nnc(-c2ccccc2Cl)o1)c1ccccc1. The lowest BCUT2D eigenvalue weighted by molar-refractivity contribution is -0.118. The summed E-state index contributed by atoms with van der Waals surface area (Å²) in [4.78, 5) is 14.2. The van der Waals surface area contributed by atoms with Crippen LogP contribution < -0.4 is 10.2 Å². The molecule has 0 spiro atoms. The molecule has 0 saturated heterocycles. The Labute approximate surface area is 173 Å². The number of halogens is 1. The fraction of sp³-hybridized carbons (Fsp3) is 0.250. The Balaban J connectivity index is 1.37. The van der Waals surface area contributed by atoms with E-state index in [0.29, 0.717) is 28.2 Å². The van der Waals surface area contributed by atoms with Gasteiger partial charge in [-0.1, -0.05) is 53.7 Å². The Kier molecular flexibility index (Phi) is 7.33. The molecule has 28 heavy (non-hydrogen) atoms. The summed E-state index contributed by atoms with van der Waals surface area (Å²) in [6.45, 7) is 1.48. The molecule has 6 nitrogen and oxygen atoms in total. The van der Waals surface area contributed by atoms with E-state index >= 15 is 0 Å². The van der Waals surface area contributed by atoms with Crippen molar-refractivity contribution in [1.29, 1.82) is 0 Å². The Morgan fingerprint density at radius 3 is 2.68 bits per heavy atom. The molecular formula is C20H21ClN4O2S. The zero-order chi connectivity index (χ0) is 19.8. The van der Waals surface area contributed by atoms with Gasteiger partial charge in [-0.2, -0.15) is 0 Å². The van der Waals surface area contributed by atoms with Gasteiger partial charge in [0, 0.05) is 25.8 Å². The predicted octanol–water partition coefficient (Wildman–Crippen LogP) is 4.12. The summed E-state index contributed by atoms with van der Waals surface area (Å²) in [6, 6.07) is 17.4. The Bertz CT molecular complexity index is 904. The molecule has 0 aliphatic carbocycles. The van der Waals surface area contributed by atoms with Crippen LogP contribution in [0.2, 0.25) is 5.02 Å². The van der Waals surface area contributed by atoms with Crippen molar-refractivity contribution in [3.8, 4) is 11.5 Å². The number of thioether (sulfide) groups is 1. The summed E-state index contributed by atoms with van der Waals surface area (Å²) < 4.78 is 5.58. The van der Waals surface area contributed by atoms with Gasteiger partial charge in [-0.3, -0.25) is 4.79 Å². The number of para-hydroxylation sites is 1. The highest BCUT2D eigenvalue weighted by molar-refractivity contribution is 7.99. The summed E-state index contributed by atoms with van der Waals surface area (Å²) >= 11 is 7.33. The molecule has 1 heterocycles. The van der Waals surface area contributed by atoms with Gasteiger partial charge >= 0.3 is 0 Å². The van der Waals surface area contributed by atoms with Crippen molar-refractivity contribution in [3.05, 3.63) is 59.6 Å². The number of carbonyl (C=O) groups excluding carboxylic acids is 1. The van der Waals surface area contributed by atoms with Gasteiger partial charge in [0.05, 0.1) is 16.3 Å². The van der Waals surface area contributed by atoms with Gasteiger partial charge in [-0.25, -0.2) is 0 Å². The summed E-state index contributed by atoms with van der Waals surface area (Å²) in [7, 11) is 2.04. The van der Waals surface area contributed by atoms with Crippen LogP contribution in [0, 0.1) is 0 Å². The number of anilines is 1. The second-order valence-electron chi connectivity index (χ2n) is 6.10. The van der Waals surface area contributed by atoms with Crippen LogP contribution in [-0.4, -0.2) is 42.0 Å². The topological polar surface area (TPSA) is 71.3 Å². The van der Waals surface area contributed by atoms with E-state index in [-0.39, 0.29) is 11.7 Å². The van der Waals surface area contributed by atoms with E-state index in [1.165, 1.54) is 11.8 Å². The van der Waals surface area contributed by atoms with Crippen molar-refractivity contribution in [3.63, 3.8) is 0 Å². The fourth-order valence-electron chi connectivity index (χ4n) is 2.55. The number of aromatic nitrogens is 2. The number of hydrogen-bond acceptors (Lipinski definition) is 6. The first-order valence-electron chi connectivity index (χ1n) is 8.87. The molecule has 0 unspecified atom stereocenters. The summed E-state index contributed by atoms with van der Waals surface area (Å²) in [6.07, 6.45) is 0.860. The van der Waals surface area contributed by atoms with E-state index in [9.17, 15) is 4.79 Å². The normalized spacial score (nSPS) is 10.6. The van der Waals surface area contributed by atoms with Crippen LogP contribution in [0.5, 0.6) is 0 Å². The van der Waals surface area contributed by atoms with Gasteiger partial charge in [0.2, 0.25) is 11.8 Å². The predicted molar refractivity (Wildman–Crippen MR) is 113 cm³/mol. The molecule has 3 rings (SSSR count). The van der Waals surface area contributed by atoms with E-state index < -0.39 is 0 Å². The highest BCUT2D eigenvalue weighted by Crippen LogP contribution is 2.28. The third kappa shape index (κ3) is 5.74. The highest BCUT2D eigenvalue weighted by Gasteiger charge is 2.13. The quantitative estimate of drug-likeness (QED) is 0.418. The van der Waals surface area contributed by atoms with Crippen LogP contribution in [0.25, 0.3) is 11.5 Å². The first-order valence-corrected chi connectivity index (χ1v) is 10.2. The van der Waals surface area contributed by atoms with Crippen molar-refractivity contribution in [1.82, 2.24) is 15.5 Å². The Morgan fingerprint density at radius 2 is 1.89 bits per heavy atom. The maximum absolute atomic E-state index is 12.0. The number of nitrogens with one attached hydrogen (secondary N) is 1. The zero-order valence-electron chi connectivity index (χ0n) is 15.5. The van der Waals surface area contributed by atoms with Crippen molar-refractivity contribution in [2.75, 3.05) is 30.8 Å². The molecule has 0 aliphatic rings. The molecule has 0 saturated carbocycles. The highest BCUT2D eigenvalue weighted by atomic mass is 35.5. The maximum atomic E-state index is 12.0. The molecule has 3 aromatic rings. The third-order valence-corrected chi connectivity index (χ3v) is 5.17. The smallest absolute Gasteiger partial charge is 0.277 e. The van der Waals surface area contributed by atoms with E-state index in [4.69, 9.17) is 16.0 Å². The van der Waals surface area contributed by atoms with Crippen molar-refractivity contribution >= 4 is 35.0 Å². The summed E-state index contributed by atoms with van der Waals surface area (Å²) in [5.74, 6) is 0.501. The molecule has 0 bridgehead atoms. The lowest BCUT2D eigenvalue weighted by Gasteiger charge is -2.19. The molecule has 0 fully saturated rings. The maximum Gasteiger partial charge on any atom is 0.277 e. The molecule has 146 valence electrons. The second kappa shape index (κ2) is 10.1. The number of carbonyl (C=O) groups is 1. The lowest BCUT2D eigenvalue weighted by atomic mass is 10.2. The molecule has 1 aromatic heterocycles. The van der Waals surface area contributed by atoms with Crippen LogP contribution >= 0.6 is 23.4 Å². The van der Waals surface area contributed by atoms with Crippen LogP contribution in [0.4, 0.5) is 5.69 Å². The van der Waals surface area contributed by atoms with Gasteiger partial charge in [-0.05, 0) is 30.7 Å². The van der Waals surface area contributed by atoms with E-state index in [1.54, 1.807) is 6.07 Å². The molecule has 0 radical (unpaired) electrons. The van der Waals surface area contributed by atoms with E-state index in [1.807, 2.05) is 43.4 Å². The number of amides is 1. The average Bonchev–Trinajstić information content (AvgIpc) is 3.19. The largest absolute Gasteiger partial charge is 0.411 e. The first kappa shape index (κ1) is 20.2. The molecule has 0 atom stereocenters. The molecular weight excluding hydrogens is 396 g/mol. The zero-order valence-corrected chi connectivity index (χ0v) is 17.0. The van der Waals surface area contributed by atoms with Crippen LogP contribution in [0.15, 0.2) is 64.2 Å². The van der Waals surface area contributed by atoms with Crippen molar-refractivity contribution in [2.45, 2.75) is 11.6 Å². The summed E-state index contributed by atoms with van der Waals surface area (Å²) in [5.41, 5.74) is 1.84. The Morgan fingerprint density at radius 1 is 1.14 bits per heavy atom. The van der Waals surface area contributed by atoms with E-state index in [2.05, 4.69) is 32.5 Å². The minimum atomic E-state index is -0.0649. The number of benzene rings is 2. The second-order valence-corrected chi connectivity index (χ2v) is 7.44. The van der Waals surface area contributed by atoms with Gasteiger partial charge < -0.3 is 14.6 Å². The van der Waals surface area contributed by atoms with Crippen molar-refractivity contribution < 1.29 is 9.21 Å². The van der Waals surface area contributed by atoms with Gasteiger partial charge in [0.1, 0.15) is 0 Å². The number of nitrogens with zero attached hydrogens (tertiary/aromatic N) is 3. The minimum absolute atomic E-state index is 0.0649. The molecule has 2 aromatic carbocycles. The van der Waals surface area contributed by atoms with Gasteiger partial charge in [-0.15, -0.1) is 10.2 Å². The molecule has 0 aliphatic heterocycles. The molecule has 1 amide bonds. The number of hydrogen-bond donors (Lipinski definition) is 1. The van der Waals surface area contributed by atoms with Crippen LogP contribution in [0.3, 0.4) is 0 Å². The summed E-state index contributed by atoms with van der Waals surface area (Å²) in [5, 5.41) is 11.7. The average molecular weight is 417 g/mol. The fourth-order valence-corrected chi connectivity index (χ4v) is 3.36. The standard InChI is InChI=1S/C20H21ClN4O2S/c1-25(15-8-3-2-4-9-15)13-7-12-22-18(26)14-28-20-24-23-19(27-20)16-10-5-6-11-17(16)21/h2-6,8-11H,7,12-14H2,1H3,(H,22,26). The third-order valence-electron chi connectivity index (χ3n) is 4.03. The van der Waals surface area contributed by atoms with E-state index in [0.717, 1.165) is 18.7 Å². The minimum Gasteiger partial charge on any atom is -0.411 e. The lowest BCUT2D eigenvalue weighted by Crippen LogP contribution is -2.29. The molecule has 8 heteroatoms. The van der Waals surface area contributed by atoms with Gasteiger partial charge in [0.25, 0.3) is 5.22 Å². The molecule has 1 N–H and O–H groups in total.